The van der Waals surface area contributed by atoms with Crippen LogP contribution in [-0.2, 0) is 16.1 Å². The molecule has 1 aromatic carbocycles. The highest BCUT2D eigenvalue weighted by molar-refractivity contribution is 9.10. The average molecular weight is 312 g/mol. The second kappa shape index (κ2) is 6.90. The molecule has 0 spiro atoms. The molecule has 1 fully saturated rings. The first-order valence-electron chi connectivity index (χ1n) is 6.37. The Morgan fingerprint density at radius 1 is 1.28 bits per heavy atom. The zero-order valence-corrected chi connectivity index (χ0v) is 11.9. The standard InChI is InChI=1S/C14H18BrNO2/c15-12-7-5-11(6-8-12)10-18-14(17)9-16-13-3-1-2-4-13/h5-8,13,16H,1-4,9-10H2. The van der Waals surface area contributed by atoms with E-state index in [1.165, 1.54) is 25.7 Å². The minimum atomic E-state index is -0.176. The molecule has 0 heterocycles. The van der Waals surface area contributed by atoms with Crippen LogP contribution in [0.5, 0.6) is 0 Å². The van der Waals surface area contributed by atoms with Crippen molar-refractivity contribution in [3.63, 3.8) is 0 Å². The zero-order chi connectivity index (χ0) is 12.8. The van der Waals surface area contributed by atoms with Crippen LogP contribution < -0.4 is 5.32 Å². The van der Waals surface area contributed by atoms with Gasteiger partial charge >= 0.3 is 5.97 Å². The number of esters is 1. The fraction of sp³-hybridized carbons (Fsp3) is 0.500. The van der Waals surface area contributed by atoms with Crippen molar-refractivity contribution in [1.82, 2.24) is 5.32 Å². The number of benzene rings is 1. The topological polar surface area (TPSA) is 38.3 Å². The van der Waals surface area contributed by atoms with Crippen molar-refractivity contribution >= 4 is 21.9 Å². The molecule has 0 radical (unpaired) electrons. The van der Waals surface area contributed by atoms with E-state index in [4.69, 9.17) is 4.74 Å². The van der Waals surface area contributed by atoms with E-state index in [0.717, 1.165) is 10.0 Å². The van der Waals surface area contributed by atoms with Gasteiger partial charge in [0.25, 0.3) is 0 Å². The summed E-state index contributed by atoms with van der Waals surface area (Å²) < 4.78 is 6.24. The van der Waals surface area contributed by atoms with E-state index >= 15 is 0 Å². The molecule has 0 unspecified atom stereocenters. The second-order valence-corrected chi connectivity index (χ2v) is 5.57. The number of halogens is 1. The van der Waals surface area contributed by atoms with Crippen LogP contribution in [0.4, 0.5) is 0 Å². The molecular weight excluding hydrogens is 294 g/mol. The lowest BCUT2D eigenvalue weighted by Crippen LogP contribution is -2.32. The zero-order valence-electron chi connectivity index (χ0n) is 10.3. The van der Waals surface area contributed by atoms with Gasteiger partial charge in [-0.15, -0.1) is 0 Å². The summed E-state index contributed by atoms with van der Waals surface area (Å²) >= 11 is 3.37. The molecule has 98 valence electrons. The molecule has 18 heavy (non-hydrogen) atoms. The van der Waals surface area contributed by atoms with Crippen LogP contribution in [0.1, 0.15) is 31.2 Å². The summed E-state index contributed by atoms with van der Waals surface area (Å²) in [5.74, 6) is -0.176. The van der Waals surface area contributed by atoms with Crippen LogP contribution in [0.2, 0.25) is 0 Å². The number of hydrogen-bond donors (Lipinski definition) is 1. The van der Waals surface area contributed by atoms with Gasteiger partial charge in [0.1, 0.15) is 6.61 Å². The molecule has 0 aliphatic heterocycles. The average Bonchev–Trinajstić information content (AvgIpc) is 2.89. The Hall–Kier alpha value is -0.870. The molecule has 1 aliphatic rings. The predicted octanol–water partition coefficient (Wildman–Crippen LogP) is 3.02. The second-order valence-electron chi connectivity index (χ2n) is 4.65. The van der Waals surface area contributed by atoms with Gasteiger partial charge < -0.3 is 10.1 Å². The van der Waals surface area contributed by atoms with Gasteiger partial charge in [0.05, 0.1) is 6.54 Å². The van der Waals surface area contributed by atoms with E-state index in [2.05, 4.69) is 21.2 Å². The minimum absolute atomic E-state index is 0.176. The summed E-state index contributed by atoms with van der Waals surface area (Å²) in [7, 11) is 0. The monoisotopic (exact) mass is 311 g/mol. The van der Waals surface area contributed by atoms with E-state index in [-0.39, 0.29) is 5.97 Å². The Labute approximate surface area is 116 Å². The fourth-order valence-electron chi connectivity index (χ4n) is 2.15. The van der Waals surface area contributed by atoms with Crippen molar-refractivity contribution in [2.24, 2.45) is 0 Å². The highest BCUT2D eigenvalue weighted by atomic mass is 79.9. The van der Waals surface area contributed by atoms with Crippen molar-refractivity contribution in [1.29, 1.82) is 0 Å². The number of nitrogens with one attached hydrogen (secondary N) is 1. The smallest absolute Gasteiger partial charge is 0.320 e. The van der Waals surface area contributed by atoms with Gasteiger partial charge in [-0.3, -0.25) is 4.79 Å². The van der Waals surface area contributed by atoms with Gasteiger partial charge in [-0.05, 0) is 30.5 Å². The van der Waals surface area contributed by atoms with Crippen molar-refractivity contribution in [2.75, 3.05) is 6.54 Å². The summed E-state index contributed by atoms with van der Waals surface area (Å²) in [5.41, 5.74) is 1.01. The van der Waals surface area contributed by atoms with Crippen LogP contribution in [0, 0.1) is 0 Å². The Balaban J connectivity index is 1.66. The van der Waals surface area contributed by atoms with Crippen LogP contribution in [0.25, 0.3) is 0 Å². The Morgan fingerprint density at radius 2 is 1.94 bits per heavy atom. The van der Waals surface area contributed by atoms with E-state index in [9.17, 15) is 4.79 Å². The molecule has 0 atom stereocenters. The molecule has 2 rings (SSSR count). The van der Waals surface area contributed by atoms with Gasteiger partial charge in [-0.1, -0.05) is 40.9 Å². The van der Waals surface area contributed by atoms with Crippen molar-refractivity contribution in [3.8, 4) is 0 Å². The summed E-state index contributed by atoms with van der Waals surface area (Å²) in [4.78, 5) is 11.5. The van der Waals surface area contributed by atoms with Crippen molar-refractivity contribution in [2.45, 2.75) is 38.3 Å². The fourth-order valence-corrected chi connectivity index (χ4v) is 2.42. The van der Waals surface area contributed by atoms with Crippen LogP contribution in [-0.4, -0.2) is 18.6 Å². The van der Waals surface area contributed by atoms with Gasteiger partial charge in [0.2, 0.25) is 0 Å². The first-order valence-corrected chi connectivity index (χ1v) is 7.17. The van der Waals surface area contributed by atoms with E-state index < -0.39 is 0 Å². The Kier molecular flexibility index (Phi) is 5.20. The molecule has 1 aromatic rings. The lowest BCUT2D eigenvalue weighted by Gasteiger charge is -2.11. The summed E-state index contributed by atoms with van der Waals surface area (Å²) in [6.07, 6.45) is 4.90. The largest absolute Gasteiger partial charge is 0.460 e. The maximum absolute atomic E-state index is 11.5. The van der Waals surface area contributed by atoms with Crippen LogP contribution in [0.3, 0.4) is 0 Å². The van der Waals surface area contributed by atoms with Crippen LogP contribution in [0.15, 0.2) is 28.7 Å². The van der Waals surface area contributed by atoms with Gasteiger partial charge in [-0.2, -0.15) is 0 Å². The molecule has 0 aromatic heterocycles. The third-order valence-corrected chi connectivity index (χ3v) is 3.73. The number of carbonyl (C=O) groups is 1. The molecule has 1 saturated carbocycles. The number of rotatable bonds is 5. The molecule has 0 bridgehead atoms. The molecule has 0 saturated heterocycles. The van der Waals surface area contributed by atoms with Gasteiger partial charge in [0, 0.05) is 10.5 Å². The summed E-state index contributed by atoms with van der Waals surface area (Å²) in [6, 6.07) is 8.29. The van der Waals surface area contributed by atoms with Gasteiger partial charge in [-0.25, -0.2) is 0 Å². The van der Waals surface area contributed by atoms with E-state index in [0.29, 0.717) is 19.2 Å². The third-order valence-electron chi connectivity index (χ3n) is 3.20. The van der Waals surface area contributed by atoms with Crippen molar-refractivity contribution < 1.29 is 9.53 Å². The van der Waals surface area contributed by atoms with Crippen molar-refractivity contribution in [3.05, 3.63) is 34.3 Å². The molecule has 4 heteroatoms. The van der Waals surface area contributed by atoms with E-state index in [1.807, 2.05) is 24.3 Å². The SMILES string of the molecule is O=C(CNC1CCCC1)OCc1ccc(Br)cc1. The maximum atomic E-state index is 11.5. The molecule has 1 N–H and O–H groups in total. The molecule has 1 aliphatic carbocycles. The van der Waals surface area contributed by atoms with Gasteiger partial charge in [0.15, 0.2) is 0 Å². The van der Waals surface area contributed by atoms with E-state index in [1.54, 1.807) is 0 Å². The van der Waals surface area contributed by atoms with Crippen LogP contribution >= 0.6 is 15.9 Å². The lowest BCUT2D eigenvalue weighted by atomic mass is 10.2. The predicted molar refractivity (Wildman–Crippen MR) is 74.2 cm³/mol. The third kappa shape index (κ3) is 4.42. The first-order chi connectivity index (χ1) is 8.74. The highest BCUT2D eigenvalue weighted by Gasteiger charge is 2.15. The molecule has 0 amide bonds. The minimum Gasteiger partial charge on any atom is -0.460 e. The highest BCUT2D eigenvalue weighted by Crippen LogP contribution is 2.17. The Bertz CT molecular complexity index is 385. The normalized spacial score (nSPS) is 15.8. The molecule has 3 nitrogen and oxygen atoms in total. The number of hydrogen-bond acceptors (Lipinski definition) is 3. The maximum Gasteiger partial charge on any atom is 0.320 e. The molecular formula is C14H18BrNO2. The number of ether oxygens (including phenoxy) is 1. The Morgan fingerprint density at radius 3 is 2.61 bits per heavy atom. The first kappa shape index (κ1) is 13.6. The summed E-state index contributed by atoms with van der Waals surface area (Å²) in [6.45, 7) is 0.666. The number of carbonyl (C=O) groups excluding carboxylic acids is 1. The lowest BCUT2D eigenvalue weighted by molar-refractivity contribution is -0.144. The summed E-state index contributed by atoms with van der Waals surface area (Å²) in [5, 5.41) is 3.24. The quantitative estimate of drug-likeness (QED) is 0.849.